The Hall–Kier alpha value is -2.87. The van der Waals surface area contributed by atoms with Crippen molar-refractivity contribution in [2.75, 3.05) is 19.6 Å². The maximum Gasteiger partial charge on any atom is 0.307 e. The average molecular weight is 497 g/mol. The molecular formula is C28H40N4O4. The van der Waals surface area contributed by atoms with Crippen molar-refractivity contribution in [3.8, 4) is 11.4 Å². The van der Waals surface area contributed by atoms with E-state index < -0.39 is 11.9 Å². The zero-order chi connectivity index (χ0) is 25.7. The fourth-order valence-electron chi connectivity index (χ4n) is 5.44. The topological polar surface area (TPSA) is 96.7 Å². The third-order valence-corrected chi connectivity index (χ3v) is 7.63. The fraction of sp³-hybridized carbons (Fsp3) is 0.607. The Morgan fingerprint density at radius 2 is 1.78 bits per heavy atom. The van der Waals surface area contributed by atoms with Crippen LogP contribution in [0.15, 0.2) is 36.7 Å². The molecule has 2 heterocycles. The van der Waals surface area contributed by atoms with E-state index in [1.807, 2.05) is 45.0 Å². The minimum atomic E-state index is -0.841. The largest absolute Gasteiger partial charge is 0.490 e. The summed E-state index contributed by atoms with van der Waals surface area (Å²) in [7, 11) is 0. The van der Waals surface area contributed by atoms with Gasteiger partial charge in [-0.3, -0.25) is 9.59 Å². The van der Waals surface area contributed by atoms with Crippen LogP contribution in [0.5, 0.6) is 5.75 Å². The average Bonchev–Trinajstić information content (AvgIpc) is 3.54. The van der Waals surface area contributed by atoms with Gasteiger partial charge in [0.1, 0.15) is 11.9 Å². The monoisotopic (exact) mass is 496 g/mol. The molecule has 2 aromatic rings. The van der Waals surface area contributed by atoms with Crippen molar-refractivity contribution in [1.29, 1.82) is 0 Å². The molecule has 1 saturated heterocycles. The number of hydrogen-bond acceptors (Lipinski definition) is 5. The van der Waals surface area contributed by atoms with Crippen molar-refractivity contribution in [1.82, 2.24) is 20.0 Å². The molecule has 4 rings (SSSR count). The number of nitrogens with one attached hydrogen (secondary N) is 1. The number of piperidine rings is 1. The van der Waals surface area contributed by atoms with Crippen molar-refractivity contribution in [3.63, 3.8) is 0 Å². The van der Waals surface area contributed by atoms with Gasteiger partial charge in [0, 0.05) is 31.9 Å². The molecule has 0 radical (unpaired) electrons. The van der Waals surface area contributed by atoms with Crippen molar-refractivity contribution in [2.24, 2.45) is 11.3 Å². The Balaban J connectivity index is 1.25. The van der Waals surface area contributed by atoms with Gasteiger partial charge in [0.15, 0.2) is 0 Å². The number of rotatable bonds is 9. The summed E-state index contributed by atoms with van der Waals surface area (Å²) in [4.78, 5) is 26.7. The van der Waals surface area contributed by atoms with E-state index in [-0.39, 0.29) is 17.4 Å². The Morgan fingerprint density at radius 1 is 1.11 bits per heavy atom. The number of hydrogen-bond donors (Lipinski definition) is 2. The molecule has 1 amide bonds. The van der Waals surface area contributed by atoms with E-state index in [4.69, 9.17) is 4.74 Å². The second-order valence-corrected chi connectivity index (χ2v) is 11.3. The van der Waals surface area contributed by atoms with Crippen molar-refractivity contribution < 1.29 is 19.4 Å². The lowest BCUT2D eigenvalue weighted by atomic mass is 9.79. The van der Waals surface area contributed by atoms with Gasteiger partial charge in [-0.05, 0) is 61.8 Å². The lowest BCUT2D eigenvalue weighted by Gasteiger charge is -2.36. The molecule has 1 aromatic heterocycles. The molecule has 0 bridgehead atoms. The molecule has 196 valence electrons. The fourth-order valence-corrected chi connectivity index (χ4v) is 5.44. The van der Waals surface area contributed by atoms with Gasteiger partial charge in [0.25, 0.3) is 5.91 Å². The van der Waals surface area contributed by atoms with Crippen LogP contribution in [-0.4, -0.2) is 63.4 Å². The third-order valence-electron chi connectivity index (χ3n) is 7.63. The number of carbonyl (C=O) groups is 2. The van der Waals surface area contributed by atoms with E-state index in [9.17, 15) is 14.7 Å². The number of carbonyl (C=O) groups excluding carboxylic acids is 1. The normalized spacial score (nSPS) is 18.8. The van der Waals surface area contributed by atoms with Gasteiger partial charge in [-0.1, -0.05) is 33.6 Å². The zero-order valence-corrected chi connectivity index (χ0v) is 21.8. The first-order valence-electron chi connectivity index (χ1n) is 13.3. The van der Waals surface area contributed by atoms with Gasteiger partial charge in [0.2, 0.25) is 0 Å². The first-order valence-corrected chi connectivity index (χ1v) is 13.3. The number of carboxylic acid groups (broad SMARTS) is 1. The number of benzene rings is 1. The Labute approximate surface area is 214 Å². The summed E-state index contributed by atoms with van der Waals surface area (Å²) in [6.45, 7) is 8.23. The van der Waals surface area contributed by atoms with Crippen molar-refractivity contribution >= 4 is 11.9 Å². The van der Waals surface area contributed by atoms with E-state index in [0.717, 1.165) is 43.4 Å². The minimum Gasteiger partial charge on any atom is -0.490 e. The predicted octanol–water partition coefficient (Wildman–Crippen LogP) is 4.52. The summed E-state index contributed by atoms with van der Waals surface area (Å²) in [6.07, 6.45) is 11.4. The number of ether oxygens (including phenoxy) is 1. The molecule has 1 saturated carbocycles. The molecular weight excluding hydrogens is 456 g/mol. The molecule has 2 N–H and O–H groups in total. The van der Waals surface area contributed by atoms with Crippen LogP contribution in [0, 0.1) is 11.3 Å². The van der Waals surface area contributed by atoms with Gasteiger partial charge >= 0.3 is 5.97 Å². The number of carboxylic acids is 1. The summed E-state index contributed by atoms with van der Waals surface area (Å²) in [6, 6.07) is 8.59. The molecule has 1 aliphatic heterocycles. The highest BCUT2D eigenvalue weighted by atomic mass is 16.5. The summed E-state index contributed by atoms with van der Waals surface area (Å²) >= 11 is 0. The summed E-state index contributed by atoms with van der Waals surface area (Å²) in [5.74, 6) is -0.772. The lowest BCUT2D eigenvalue weighted by Crippen LogP contribution is -2.43. The van der Waals surface area contributed by atoms with Crippen LogP contribution in [0.1, 0.15) is 76.1 Å². The lowest BCUT2D eigenvalue weighted by molar-refractivity contribution is -0.145. The second kappa shape index (κ2) is 11.5. The number of aromatic nitrogens is 2. The van der Waals surface area contributed by atoms with Crippen molar-refractivity contribution in [3.05, 3.63) is 42.2 Å². The quantitative estimate of drug-likeness (QED) is 0.530. The molecule has 1 aromatic carbocycles. The number of nitrogens with zero attached hydrogens (tertiary/aromatic N) is 3. The van der Waals surface area contributed by atoms with Crippen LogP contribution in [-0.2, 0) is 4.79 Å². The maximum atomic E-state index is 12.5. The van der Waals surface area contributed by atoms with Gasteiger partial charge in [-0.15, -0.1) is 0 Å². The molecule has 2 aliphatic rings. The van der Waals surface area contributed by atoms with Crippen LogP contribution < -0.4 is 10.1 Å². The van der Waals surface area contributed by atoms with Gasteiger partial charge in [-0.2, -0.15) is 5.10 Å². The molecule has 36 heavy (non-hydrogen) atoms. The Bertz CT molecular complexity index is 1010. The zero-order valence-electron chi connectivity index (χ0n) is 21.8. The minimum absolute atomic E-state index is 0.257. The molecule has 8 nitrogen and oxygen atoms in total. The maximum absolute atomic E-state index is 12.5. The predicted molar refractivity (Wildman–Crippen MR) is 139 cm³/mol. The highest BCUT2D eigenvalue weighted by Gasteiger charge is 2.31. The van der Waals surface area contributed by atoms with E-state index in [2.05, 4.69) is 15.3 Å². The van der Waals surface area contributed by atoms with Crippen LogP contribution >= 0.6 is 0 Å². The van der Waals surface area contributed by atoms with Gasteiger partial charge in [-0.25, -0.2) is 4.68 Å². The van der Waals surface area contributed by atoms with Crippen molar-refractivity contribution in [2.45, 2.75) is 77.9 Å². The molecule has 0 spiro atoms. The number of amides is 1. The van der Waals surface area contributed by atoms with Crippen LogP contribution in [0.25, 0.3) is 5.69 Å². The number of likely N-dealkylation sites (tertiary alicyclic amines) is 1. The Kier molecular flexibility index (Phi) is 8.34. The smallest absolute Gasteiger partial charge is 0.307 e. The highest BCUT2D eigenvalue weighted by Crippen LogP contribution is 2.29. The Morgan fingerprint density at radius 3 is 2.39 bits per heavy atom. The molecule has 1 unspecified atom stereocenters. The van der Waals surface area contributed by atoms with E-state index in [1.165, 1.54) is 31.9 Å². The summed E-state index contributed by atoms with van der Waals surface area (Å²) in [5.41, 5.74) is 0.910. The second-order valence-electron chi connectivity index (χ2n) is 11.3. The van der Waals surface area contributed by atoms with Gasteiger partial charge < -0.3 is 20.1 Å². The van der Waals surface area contributed by atoms with E-state index in [0.29, 0.717) is 18.5 Å². The molecule has 1 aliphatic carbocycles. The highest BCUT2D eigenvalue weighted by molar-refractivity contribution is 5.93. The first-order chi connectivity index (χ1) is 17.2. The van der Waals surface area contributed by atoms with E-state index >= 15 is 0 Å². The molecule has 8 heteroatoms. The third kappa shape index (κ3) is 6.66. The summed E-state index contributed by atoms with van der Waals surface area (Å²) in [5, 5.41) is 16.6. The standard InChI is InChI=1S/C28H40N4O4/c1-28(2,3)25(27(34)35)12-15-29-26(33)20-18-30-32(19-20)22-8-10-23(11-9-22)36-24-13-16-31(17-14-24)21-6-4-5-7-21/h8-11,18-19,21,24-25H,4-7,12-17H2,1-3H3,(H,29,33)(H,34,35). The number of aliphatic carboxylic acids is 1. The summed E-state index contributed by atoms with van der Waals surface area (Å²) < 4.78 is 7.90. The van der Waals surface area contributed by atoms with Crippen LogP contribution in [0.4, 0.5) is 0 Å². The van der Waals surface area contributed by atoms with Gasteiger partial charge in [0.05, 0.1) is 23.4 Å². The first kappa shape index (κ1) is 26.2. The molecule has 2 fully saturated rings. The van der Waals surface area contributed by atoms with Crippen LogP contribution in [0.3, 0.4) is 0 Å². The SMILES string of the molecule is CC(C)(C)C(CCNC(=O)c1cnn(-c2ccc(OC3CCN(C4CCCC4)CC3)cc2)c1)C(=O)O. The molecule has 1 atom stereocenters. The van der Waals surface area contributed by atoms with E-state index in [1.54, 1.807) is 10.9 Å². The van der Waals surface area contributed by atoms with Crippen LogP contribution in [0.2, 0.25) is 0 Å².